The Balaban J connectivity index is 1.40. The van der Waals surface area contributed by atoms with Crippen molar-refractivity contribution in [1.29, 1.82) is 0 Å². The van der Waals surface area contributed by atoms with Crippen molar-refractivity contribution in [3.05, 3.63) is 21.6 Å². The van der Waals surface area contributed by atoms with E-state index in [0.29, 0.717) is 50.9 Å². The van der Waals surface area contributed by atoms with E-state index in [1.165, 1.54) is 13.3 Å². The lowest BCUT2D eigenvalue weighted by atomic mass is 9.92. The number of hydrogen-bond acceptors (Lipinski definition) is 8. The summed E-state index contributed by atoms with van der Waals surface area (Å²) in [5.41, 5.74) is 0.0565. The molecule has 2 fully saturated rings. The number of ether oxygens (including phenoxy) is 2. The molecule has 1 aromatic rings. The second kappa shape index (κ2) is 10.6. The number of H-pyrrole nitrogens is 1. The van der Waals surface area contributed by atoms with Crippen molar-refractivity contribution in [1.82, 2.24) is 20.2 Å². The standard InChI is InChI=1S/C18H28ClN5O6S/c1-29-8-9-31(27,28)23-13-4-2-12(3-5-13)21-18(26)30-14-6-7-24(11-14)15-10-20-22-17(25)16(15)19/h10,12-14,23H,2-9,11H2,1H3,(H,21,26)(H,22,25)/t12-,13-,14-/m1/s1. The Hall–Kier alpha value is -1.89. The van der Waals surface area contributed by atoms with Crippen LogP contribution in [0.4, 0.5) is 10.5 Å². The van der Waals surface area contributed by atoms with Crippen LogP contribution in [0.5, 0.6) is 0 Å². The molecule has 3 rings (SSSR count). The van der Waals surface area contributed by atoms with Gasteiger partial charge < -0.3 is 19.7 Å². The zero-order valence-electron chi connectivity index (χ0n) is 17.3. The number of halogens is 1. The molecule has 1 atom stereocenters. The summed E-state index contributed by atoms with van der Waals surface area (Å²) in [6, 6.07) is -0.192. The molecule has 2 heterocycles. The van der Waals surface area contributed by atoms with Crippen molar-refractivity contribution >= 4 is 33.4 Å². The van der Waals surface area contributed by atoms with Gasteiger partial charge in [-0.15, -0.1) is 0 Å². The smallest absolute Gasteiger partial charge is 0.407 e. The molecule has 1 saturated carbocycles. The highest BCUT2D eigenvalue weighted by atomic mass is 35.5. The van der Waals surface area contributed by atoms with E-state index in [0.717, 1.165) is 0 Å². The predicted octanol–water partition coefficient (Wildman–Crippen LogP) is 0.605. The average Bonchev–Trinajstić information content (AvgIpc) is 3.18. The van der Waals surface area contributed by atoms with Crippen LogP contribution in [-0.2, 0) is 19.5 Å². The van der Waals surface area contributed by atoms with E-state index in [2.05, 4.69) is 20.2 Å². The molecule has 1 saturated heterocycles. The van der Waals surface area contributed by atoms with Crippen LogP contribution in [-0.4, -0.2) is 75.5 Å². The molecule has 31 heavy (non-hydrogen) atoms. The highest BCUT2D eigenvalue weighted by Crippen LogP contribution is 2.26. The van der Waals surface area contributed by atoms with E-state index >= 15 is 0 Å². The lowest BCUT2D eigenvalue weighted by molar-refractivity contribution is 0.102. The first kappa shape index (κ1) is 23.8. The summed E-state index contributed by atoms with van der Waals surface area (Å²) in [6.45, 7) is 1.17. The highest BCUT2D eigenvalue weighted by Gasteiger charge is 2.30. The van der Waals surface area contributed by atoms with E-state index in [-0.39, 0.29) is 35.6 Å². The number of amides is 1. The third-order valence-corrected chi connectivity index (χ3v) is 7.25. The van der Waals surface area contributed by atoms with Crippen LogP contribution in [0.15, 0.2) is 11.0 Å². The molecule has 1 aliphatic carbocycles. The fraction of sp³-hybridized carbons (Fsp3) is 0.722. The summed E-state index contributed by atoms with van der Waals surface area (Å²) in [4.78, 5) is 25.8. The van der Waals surface area contributed by atoms with Gasteiger partial charge in [0.25, 0.3) is 5.56 Å². The first-order chi connectivity index (χ1) is 14.8. The van der Waals surface area contributed by atoms with Crippen LogP contribution in [0, 0.1) is 0 Å². The van der Waals surface area contributed by atoms with E-state index in [9.17, 15) is 18.0 Å². The molecule has 0 aromatic carbocycles. The minimum Gasteiger partial charge on any atom is -0.444 e. The molecule has 0 radical (unpaired) electrons. The number of nitrogens with zero attached hydrogens (tertiary/aromatic N) is 2. The molecule has 0 bridgehead atoms. The van der Waals surface area contributed by atoms with Crippen molar-refractivity contribution in [2.24, 2.45) is 0 Å². The minimum absolute atomic E-state index is 0.0592. The summed E-state index contributed by atoms with van der Waals surface area (Å²) < 4.78 is 37.0. The van der Waals surface area contributed by atoms with Crippen LogP contribution in [0.3, 0.4) is 0 Å². The Morgan fingerprint density at radius 2 is 2.00 bits per heavy atom. The molecular weight excluding hydrogens is 450 g/mol. The molecular formula is C18H28ClN5O6S. The van der Waals surface area contributed by atoms with Gasteiger partial charge in [0.2, 0.25) is 10.0 Å². The molecule has 11 nitrogen and oxygen atoms in total. The fourth-order valence-corrected chi connectivity index (χ4v) is 5.31. The highest BCUT2D eigenvalue weighted by molar-refractivity contribution is 7.89. The van der Waals surface area contributed by atoms with Crippen molar-refractivity contribution in [3.8, 4) is 0 Å². The van der Waals surface area contributed by atoms with E-state index in [4.69, 9.17) is 21.1 Å². The number of carbonyl (C=O) groups excluding carboxylic acids is 1. The van der Waals surface area contributed by atoms with Gasteiger partial charge in [-0.05, 0) is 25.7 Å². The summed E-state index contributed by atoms with van der Waals surface area (Å²) in [6.07, 6.45) is 3.89. The molecule has 0 unspecified atom stereocenters. The number of aromatic nitrogens is 2. The molecule has 3 N–H and O–H groups in total. The number of carbonyl (C=O) groups is 1. The normalized spacial score (nSPS) is 24.2. The Bertz CT molecular complexity index is 918. The number of sulfonamides is 1. The second-order valence-corrected chi connectivity index (χ2v) is 10.0. The van der Waals surface area contributed by atoms with Gasteiger partial charge in [0.05, 0.1) is 30.8 Å². The number of methoxy groups -OCH3 is 1. The fourth-order valence-electron chi connectivity index (χ4n) is 3.85. The third kappa shape index (κ3) is 6.79. The predicted molar refractivity (Wildman–Crippen MR) is 115 cm³/mol. The quantitative estimate of drug-likeness (QED) is 0.494. The minimum atomic E-state index is -3.36. The van der Waals surface area contributed by atoms with Crippen molar-refractivity contribution in [3.63, 3.8) is 0 Å². The summed E-state index contributed by atoms with van der Waals surface area (Å²) in [5, 5.41) is 8.97. The first-order valence-corrected chi connectivity index (χ1v) is 12.2. The molecule has 2 aliphatic rings. The van der Waals surface area contributed by atoms with Gasteiger partial charge in [0.1, 0.15) is 11.1 Å². The zero-order chi connectivity index (χ0) is 22.4. The molecule has 13 heteroatoms. The monoisotopic (exact) mass is 477 g/mol. The maximum absolute atomic E-state index is 12.3. The third-order valence-electron chi connectivity index (χ3n) is 5.49. The van der Waals surface area contributed by atoms with Crippen LogP contribution >= 0.6 is 11.6 Å². The van der Waals surface area contributed by atoms with Gasteiger partial charge in [-0.1, -0.05) is 11.6 Å². The molecule has 1 amide bonds. The maximum atomic E-state index is 12.3. The van der Waals surface area contributed by atoms with E-state index in [1.807, 2.05) is 4.90 Å². The van der Waals surface area contributed by atoms with Crippen LogP contribution in [0.25, 0.3) is 0 Å². The van der Waals surface area contributed by atoms with Gasteiger partial charge >= 0.3 is 6.09 Å². The van der Waals surface area contributed by atoms with Gasteiger partial charge in [-0.25, -0.2) is 23.0 Å². The van der Waals surface area contributed by atoms with Crippen LogP contribution < -0.4 is 20.5 Å². The molecule has 1 aromatic heterocycles. The molecule has 1 aliphatic heterocycles. The summed E-state index contributed by atoms with van der Waals surface area (Å²) in [5.74, 6) is -0.0644. The van der Waals surface area contributed by atoms with Gasteiger partial charge in [-0.2, -0.15) is 5.10 Å². The second-order valence-electron chi connectivity index (χ2n) is 7.78. The number of hydrogen-bond donors (Lipinski definition) is 3. The molecule has 174 valence electrons. The average molecular weight is 478 g/mol. The Kier molecular flexibility index (Phi) is 8.14. The lowest BCUT2D eigenvalue weighted by Gasteiger charge is -2.29. The molecule has 0 spiro atoms. The number of rotatable bonds is 8. The number of anilines is 1. The van der Waals surface area contributed by atoms with Gasteiger partial charge in [0.15, 0.2) is 0 Å². The van der Waals surface area contributed by atoms with Gasteiger partial charge in [-0.3, -0.25) is 4.79 Å². The maximum Gasteiger partial charge on any atom is 0.407 e. The van der Waals surface area contributed by atoms with Crippen molar-refractivity contribution in [2.75, 3.05) is 37.5 Å². The van der Waals surface area contributed by atoms with Crippen LogP contribution in [0.1, 0.15) is 32.1 Å². The topological polar surface area (TPSA) is 143 Å². The zero-order valence-corrected chi connectivity index (χ0v) is 18.9. The van der Waals surface area contributed by atoms with E-state index < -0.39 is 21.7 Å². The largest absolute Gasteiger partial charge is 0.444 e. The number of alkyl carbamates (subject to hydrolysis) is 1. The van der Waals surface area contributed by atoms with Crippen LogP contribution in [0.2, 0.25) is 5.02 Å². The van der Waals surface area contributed by atoms with Crippen molar-refractivity contribution < 1.29 is 22.7 Å². The van der Waals surface area contributed by atoms with E-state index in [1.54, 1.807) is 0 Å². The van der Waals surface area contributed by atoms with Crippen molar-refractivity contribution in [2.45, 2.75) is 50.3 Å². The Labute approximate surface area is 185 Å². The SMILES string of the molecule is COCCS(=O)(=O)N[C@H]1CC[C@H](NC(=O)O[C@@H]2CCN(c3cn[nH]c(=O)c3Cl)C2)CC1. The van der Waals surface area contributed by atoms with Gasteiger partial charge in [0, 0.05) is 32.2 Å². The number of aromatic amines is 1. The lowest BCUT2D eigenvalue weighted by Crippen LogP contribution is -2.45. The number of nitrogens with one attached hydrogen (secondary N) is 3. The Morgan fingerprint density at radius 3 is 2.71 bits per heavy atom. The summed E-state index contributed by atoms with van der Waals surface area (Å²) in [7, 11) is -1.90. The summed E-state index contributed by atoms with van der Waals surface area (Å²) >= 11 is 6.04. The Morgan fingerprint density at radius 1 is 1.29 bits per heavy atom. The first-order valence-electron chi connectivity index (χ1n) is 10.2.